The molecule has 1 aromatic carbocycles. The predicted molar refractivity (Wildman–Crippen MR) is 74.1 cm³/mol. The van der Waals surface area contributed by atoms with Gasteiger partial charge < -0.3 is 19.7 Å². The molecular formula is C15H15N3O3. The van der Waals surface area contributed by atoms with Gasteiger partial charge in [0.15, 0.2) is 17.6 Å². The van der Waals surface area contributed by atoms with Crippen molar-refractivity contribution in [3.63, 3.8) is 0 Å². The van der Waals surface area contributed by atoms with Gasteiger partial charge in [-0.05, 0) is 18.6 Å². The summed E-state index contributed by atoms with van der Waals surface area (Å²) in [5.74, 6) is 2.62. The maximum Gasteiger partial charge on any atom is 0.233 e. The molecule has 108 valence electrons. The summed E-state index contributed by atoms with van der Waals surface area (Å²) in [6.07, 6.45) is 4.42. The molecule has 3 unspecified atom stereocenters. The van der Waals surface area contributed by atoms with Crippen LogP contribution in [0, 0.1) is 0 Å². The van der Waals surface area contributed by atoms with Crippen LogP contribution in [0.2, 0.25) is 0 Å². The van der Waals surface area contributed by atoms with Crippen LogP contribution in [0.25, 0.3) is 0 Å². The Bertz CT molecular complexity index is 682. The fraction of sp³-hybridized carbons (Fsp3) is 0.333. The number of nitrogens with zero attached hydrogens (tertiary/aromatic N) is 2. The lowest BCUT2D eigenvalue weighted by molar-refractivity contribution is 0.0832. The number of allylic oxidation sites excluding steroid dienone is 1. The molecule has 2 N–H and O–H groups in total. The molecular weight excluding hydrogens is 270 g/mol. The summed E-state index contributed by atoms with van der Waals surface area (Å²) in [4.78, 5) is 4.43. The van der Waals surface area contributed by atoms with E-state index in [1.165, 1.54) is 0 Å². The molecule has 1 aliphatic heterocycles. The van der Waals surface area contributed by atoms with Gasteiger partial charge in [-0.1, -0.05) is 29.4 Å². The van der Waals surface area contributed by atoms with E-state index in [0.717, 1.165) is 12.2 Å². The molecule has 1 aromatic heterocycles. The predicted octanol–water partition coefficient (Wildman–Crippen LogP) is 1.95. The minimum Gasteiger partial charge on any atom is -0.485 e. The summed E-state index contributed by atoms with van der Waals surface area (Å²) in [7, 11) is 0. The molecule has 21 heavy (non-hydrogen) atoms. The first kappa shape index (κ1) is 12.4. The van der Waals surface area contributed by atoms with Gasteiger partial charge in [0.1, 0.15) is 6.61 Å². The van der Waals surface area contributed by atoms with Crippen molar-refractivity contribution in [2.75, 3.05) is 6.61 Å². The van der Waals surface area contributed by atoms with Crippen molar-refractivity contribution < 1.29 is 14.0 Å². The van der Waals surface area contributed by atoms with E-state index in [-0.39, 0.29) is 18.1 Å². The molecule has 0 radical (unpaired) electrons. The fourth-order valence-electron chi connectivity index (χ4n) is 2.59. The summed E-state index contributed by atoms with van der Waals surface area (Å²) in [6.45, 7) is 0.371. The Balaban J connectivity index is 1.53. The normalized spacial score (nSPS) is 27.0. The van der Waals surface area contributed by atoms with Crippen LogP contribution in [-0.4, -0.2) is 22.8 Å². The zero-order chi connectivity index (χ0) is 14.2. The second-order valence-electron chi connectivity index (χ2n) is 5.25. The molecule has 3 atom stereocenters. The Morgan fingerprint density at radius 2 is 2.00 bits per heavy atom. The van der Waals surface area contributed by atoms with Crippen molar-refractivity contribution in [3.05, 3.63) is 48.1 Å². The van der Waals surface area contributed by atoms with E-state index in [0.29, 0.717) is 24.1 Å². The first-order valence-electron chi connectivity index (χ1n) is 6.95. The third-order valence-corrected chi connectivity index (χ3v) is 3.69. The lowest BCUT2D eigenvalue weighted by atomic mass is 10.1. The summed E-state index contributed by atoms with van der Waals surface area (Å²) < 4.78 is 16.9. The Kier molecular flexibility index (Phi) is 2.89. The molecule has 6 heteroatoms. The van der Waals surface area contributed by atoms with Crippen LogP contribution >= 0.6 is 0 Å². The van der Waals surface area contributed by atoms with Crippen molar-refractivity contribution in [2.45, 2.75) is 24.5 Å². The van der Waals surface area contributed by atoms with Crippen molar-refractivity contribution in [1.29, 1.82) is 0 Å². The van der Waals surface area contributed by atoms with Gasteiger partial charge in [-0.3, -0.25) is 0 Å². The van der Waals surface area contributed by atoms with Gasteiger partial charge >= 0.3 is 0 Å². The number of hydrogen-bond acceptors (Lipinski definition) is 6. The first-order chi connectivity index (χ1) is 10.3. The Labute approximate surface area is 121 Å². The minimum absolute atomic E-state index is 0.0616. The molecule has 2 aliphatic rings. The number of benzene rings is 1. The zero-order valence-electron chi connectivity index (χ0n) is 11.3. The highest BCUT2D eigenvalue weighted by Gasteiger charge is 2.29. The van der Waals surface area contributed by atoms with E-state index in [4.69, 9.17) is 19.7 Å². The van der Waals surface area contributed by atoms with Gasteiger partial charge in [0, 0.05) is 6.04 Å². The Morgan fingerprint density at radius 1 is 1.14 bits per heavy atom. The maximum absolute atomic E-state index is 5.86. The van der Waals surface area contributed by atoms with E-state index >= 15 is 0 Å². The van der Waals surface area contributed by atoms with Crippen LogP contribution < -0.4 is 15.2 Å². The molecule has 6 nitrogen and oxygen atoms in total. The zero-order valence-corrected chi connectivity index (χ0v) is 11.3. The summed E-state index contributed by atoms with van der Waals surface area (Å²) in [6, 6.07) is 7.60. The van der Waals surface area contributed by atoms with Crippen molar-refractivity contribution in [1.82, 2.24) is 10.1 Å². The molecule has 1 aliphatic carbocycles. The molecule has 4 rings (SSSR count). The smallest absolute Gasteiger partial charge is 0.233 e. The molecule has 0 bridgehead atoms. The van der Waals surface area contributed by atoms with Crippen molar-refractivity contribution >= 4 is 0 Å². The fourth-order valence-corrected chi connectivity index (χ4v) is 2.59. The highest BCUT2D eigenvalue weighted by molar-refractivity contribution is 5.41. The number of hydrogen-bond donors (Lipinski definition) is 1. The highest BCUT2D eigenvalue weighted by Crippen LogP contribution is 2.35. The lowest BCUT2D eigenvalue weighted by Crippen LogP contribution is -2.22. The van der Waals surface area contributed by atoms with E-state index in [1.54, 1.807) is 0 Å². The average Bonchev–Trinajstić information content (AvgIpc) is 3.15. The van der Waals surface area contributed by atoms with Crippen LogP contribution in [0.15, 0.2) is 40.9 Å². The molecule has 2 heterocycles. The molecule has 2 aromatic rings. The largest absolute Gasteiger partial charge is 0.485 e. The number of para-hydroxylation sites is 2. The summed E-state index contributed by atoms with van der Waals surface area (Å²) in [5, 5.41) is 4.02. The standard InChI is InChI=1S/C15H15N3O3/c16-10-6-5-9(7-10)15-17-14(18-21-15)13-8-19-11-3-1-2-4-12(11)20-13/h1-6,9-10,13H,7-8,16H2. The van der Waals surface area contributed by atoms with Crippen LogP contribution in [-0.2, 0) is 0 Å². The average molecular weight is 285 g/mol. The van der Waals surface area contributed by atoms with Crippen LogP contribution in [0.3, 0.4) is 0 Å². The van der Waals surface area contributed by atoms with E-state index in [1.807, 2.05) is 36.4 Å². The first-order valence-corrected chi connectivity index (χ1v) is 6.95. The minimum atomic E-state index is -0.351. The van der Waals surface area contributed by atoms with Crippen LogP contribution in [0.1, 0.15) is 30.2 Å². The van der Waals surface area contributed by atoms with Gasteiger partial charge in [-0.25, -0.2) is 0 Å². The monoisotopic (exact) mass is 285 g/mol. The van der Waals surface area contributed by atoms with Gasteiger partial charge in [0.25, 0.3) is 0 Å². The molecule has 0 saturated carbocycles. The Morgan fingerprint density at radius 3 is 2.81 bits per heavy atom. The van der Waals surface area contributed by atoms with E-state index in [2.05, 4.69) is 10.1 Å². The third kappa shape index (κ3) is 2.27. The molecule has 0 spiro atoms. The van der Waals surface area contributed by atoms with Gasteiger partial charge in [0.05, 0.1) is 5.92 Å². The second kappa shape index (κ2) is 4.89. The van der Waals surface area contributed by atoms with Crippen molar-refractivity contribution in [3.8, 4) is 11.5 Å². The van der Waals surface area contributed by atoms with E-state index < -0.39 is 0 Å². The van der Waals surface area contributed by atoms with Gasteiger partial charge in [0.2, 0.25) is 11.7 Å². The second-order valence-corrected chi connectivity index (χ2v) is 5.25. The maximum atomic E-state index is 5.86. The van der Waals surface area contributed by atoms with Crippen LogP contribution in [0.4, 0.5) is 0 Å². The molecule has 0 amide bonds. The quantitative estimate of drug-likeness (QED) is 0.849. The SMILES string of the molecule is NC1C=CC(c2nc(C3COc4ccccc4O3)no2)C1. The van der Waals surface area contributed by atoms with Crippen LogP contribution in [0.5, 0.6) is 11.5 Å². The third-order valence-electron chi connectivity index (χ3n) is 3.69. The number of fused-ring (bicyclic) bond motifs is 1. The van der Waals surface area contributed by atoms with Crippen molar-refractivity contribution in [2.24, 2.45) is 5.73 Å². The number of aromatic nitrogens is 2. The van der Waals surface area contributed by atoms with Gasteiger partial charge in [-0.15, -0.1) is 0 Å². The lowest BCUT2D eigenvalue weighted by Gasteiger charge is -2.24. The van der Waals surface area contributed by atoms with Gasteiger partial charge in [-0.2, -0.15) is 4.98 Å². The Hall–Kier alpha value is -2.34. The number of nitrogens with two attached hydrogens (primary N) is 1. The highest BCUT2D eigenvalue weighted by atomic mass is 16.6. The number of rotatable bonds is 2. The summed E-state index contributed by atoms with van der Waals surface area (Å²) >= 11 is 0. The van der Waals surface area contributed by atoms with E-state index in [9.17, 15) is 0 Å². The summed E-state index contributed by atoms with van der Waals surface area (Å²) in [5.41, 5.74) is 5.84. The number of ether oxygens (including phenoxy) is 2. The molecule has 0 saturated heterocycles. The topological polar surface area (TPSA) is 83.4 Å². The molecule has 0 fully saturated rings.